The predicted molar refractivity (Wildman–Crippen MR) is 138 cm³/mol. The number of nitrogens with zero attached hydrogens (tertiary/aromatic N) is 3. The minimum absolute atomic E-state index is 0. The molecule has 4 nitrogen and oxygen atoms in total. The van der Waals surface area contributed by atoms with Crippen LogP contribution in [-0.2, 0) is 12.6 Å². The minimum atomic E-state index is -4.50. The lowest BCUT2D eigenvalue weighted by atomic mass is 10.0. The van der Waals surface area contributed by atoms with E-state index in [9.17, 15) is 13.2 Å². The Balaban J connectivity index is 0.00000289. The summed E-state index contributed by atoms with van der Waals surface area (Å²) < 4.78 is 40.1. The fourth-order valence-electron chi connectivity index (χ4n) is 4.44. The van der Waals surface area contributed by atoms with E-state index in [1.54, 1.807) is 6.20 Å². The predicted octanol–water partition coefficient (Wildman–Crippen LogP) is 6.92. The van der Waals surface area contributed by atoms with Gasteiger partial charge in [0.05, 0.1) is 5.52 Å². The first-order valence-electron chi connectivity index (χ1n) is 11.4. The van der Waals surface area contributed by atoms with Crippen molar-refractivity contribution in [3.8, 4) is 11.1 Å². The molecule has 1 aromatic carbocycles. The molecule has 0 radical (unpaired) electrons. The van der Waals surface area contributed by atoms with Gasteiger partial charge in [-0.3, -0.25) is 0 Å². The summed E-state index contributed by atoms with van der Waals surface area (Å²) in [5.41, 5.74) is 2.22. The second-order valence-electron chi connectivity index (χ2n) is 8.62. The number of piperidine rings is 1. The zero-order valence-electron chi connectivity index (χ0n) is 19.0. The van der Waals surface area contributed by atoms with Gasteiger partial charge in [-0.05, 0) is 59.3 Å². The summed E-state index contributed by atoms with van der Waals surface area (Å²) in [6.45, 7) is 2.98. The molecule has 0 saturated carbocycles. The van der Waals surface area contributed by atoms with Gasteiger partial charge in [-0.1, -0.05) is 30.3 Å². The molecule has 1 saturated heterocycles. The summed E-state index contributed by atoms with van der Waals surface area (Å²) in [6.07, 6.45) is 0.0808. The zero-order valence-corrected chi connectivity index (χ0v) is 20.6. The lowest BCUT2D eigenvalue weighted by Crippen LogP contribution is -2.40. The van der Waals surface area contributed by atoms with Crippen LogP contribution in [0.3, 0.4) is 0 Å². The van der Waals surface area contributed by atoms with Crippen LogP contribution in [0.4, 0.5) is 19.0 Å². The first-order chi connectivity index (χ1) is 16.5. The van der Waals surface area contributed by atoms with Gasteiger partial charge in [0, 0.05) is 42.8 Å². The number of anilines is 1. The maximum Gasteiger partial charge on any atom is 0.433 e. The van der Waals surface area contributed by atoms with Crippen molar-refractivity contribution in [3.63, 3.8) is 0 Å². The lowest BCUT2D eigenvalue weighted by Gasteiger charge is -2.32. The molecule has 1 aliphatic rings. The number of rotatable bonds is 6. The maximum absolute atomic E-state index is 13.4. The van der Waals surface area contributed by atoms with Gasteiger partial charge in [-0.15, -0.1) is 12.4 Å². The topological polar surface area (TPSA) is 41.0 Å². The number of aromatic nitrogens is 2. The molecule has 0 spiro atoms. The van der Waals surface area contributed by atoms with E-state index in [1.165, 1.54) is 23.0 Å². The van der Waals surface area contributed by atoms with Crippen molar-refractivity contribution in [1.29, 1.82) is 0 Å². The number of benzene rings is 1. The molecule has 0 aliphatic carbocycles. The summed E-state index contributed by atoms with van der Waals surface area (Å²) in [4.78, 5) is 11.1. The molecule has 35 heavy (non-hydrogen) atoms. The van der Waals surface area contributed by atoms with Crippen molar-refractivity contribution in [1.82, 2.24) is 14.9 Å². The summed E-state index contributed by atoms with van der Waals surface area (Å²) in [5.74, 6) is 0.595. The average Bonchev–Trinajstić information content (AvgIpc) is 3.38. The van der Waals surface area contributed by atoms with Gasteiger partial charge < -0.3 is 10.2 Å². The minimum Gasteiger partial charge on any atom is -0.367 e. The Kier molecular flexibility index (Phi) is 7.94. The quantitative estimate of drug-likeness (QED) is 0.301. The van der Waals surface area contributed by atoms with Crippen molar-refractivity contribution >= 4 is 40.5 Å². The second-order valence-corrected chi connectivity index (χ2v) is 9.40. The lowest BCUT2D eigenvalue weighted by molar-refractivity contribution is -0.140. The van der Waals surface area contributed by atoms with Gasteiger partial charge in [0.25, 0.3) is 0 Å². The van der Waals surface area contributed by atoms with Crippen LogP contribution in [-0.4, -0.2) is 40.5 Å². The highest BCUT2D eigenvalue weighted by molar-refractivity contribution is 7.08. The highest BCUT2D eigenvalue weighted by Crippen LogP contribution is 2.35. The molecule has 3 aromatic heterocycles. The molecule has 0 amide bonds. The van der Waals surface area contributed by atoms with Crippen molar-refractivity contribution in [2.24, 2.45) is 0 Å². The van der Waals surface area contributed by atoms with Gasteiger partial charge in [-0.25, -0.2) is 9.97 Å². The summed E-state index contributed by atoms with van der Waals surface area (Å²) in [5, 5.41) is 7.90. The van der Waals surface area contributed by atoms with E-state index in [-0.39, 0.29) is 18.4 Å². The van der Waals surface area contributed by atoms with Crippen molar-refractivity contribution < 1.29 is 13.2 Å². The molecule has 4 heterocycles. The Morgan fingerprint density at radius 3 is 2.49 bits per heavy atom. The SMILES string of the molecule is Cl.FC(F)(F)c1ccc2c(NC3CCN(CCc4ccccc4)CC3)ncc(-c3ccsc3)c2n1. The Morgan fingerprint density at radius 1 is 1.03 bits per heavy atom. The maximum atomic E-state index is 13.4. The fourth-order valence-corrected chi connectivity index (χ4v) is 5.10. The Hall–Kier alpha value is -2.68. The van der Waals surface area contributed by atoms with Crippen LogP contribution < -0.4 is 5.32 Å². The molecule has 0 unspecified atom stereocenters. The van der Waals surface area contributed by atoms with Gasteiger partial charge in [0.2, 0.25) is 0 Å². The third-order valence-electron chi connectivity index (χ3n) is 6.34. The van der Waals surface area contributed by atoms with Gasteiger partial charge in [-0.2, -0.15) is 24.5 Å². The monoisotopic (exact) mass is 518 g/mol. The van der Waals surface area contributed by atoms with E-state index in [0.717, 1.165) is 50.5 Å². The highest BCUT2D eigenvalue weighted by Gasteiger charge is 2.33. The van der Waals surface area contributed by atoms with E-state index < -0.39 is 11.9 Å². The van der Waals surface area contributed by atoms with Crippen LogP contribution in [0.1, 0.15) is 24.1 Å². The van der Waals surface area contributed by atoms with Crippen molar-refractivity contribution in [2.45, 2.75) is 31.5 Å². The fraction of sp³-hybridized carbons (Fsp3) is 0.308. The number of thiophene rings is 1. The van der Waals surface area contributed by atoms with Crippen LogP contribution in [0.15, 0.2) is 65.5 Å². The Bertz CT molecular complexity index is 1240. The van der Waals surface area contributed by atoms with E-state index >= 15 is 0 Å². The molecule has 1 fully saturated rings. The first kappa shape index (κ1) is 25.4. The number of alkyl halides is 3. The second kappa shape index (κ2) is 10.9. The first-order valence-corrected chi connectivity index (χ1v) is 12.3. The molecule has 184 valence electrons. The van der Waals surface area contributed by atoms with Gasteiger partial charge >= 0.3 is 6.18 Å². The largest absolute Gasteiger partial charge is 0.433 e. The number of likely N-dealkylation sites (tertiary alicyclic amines) is 1. The zero-order chi connectivity index (χ0) is 23.5. The number of hydrogen-bond acceptors (Lipinski definition) is 5. The van der Waals surface area contributed by atoms with Crippen molar-refractivity contribution in [2.75, 3.05) is 25.0 Å². The molecule has 1 aliphatic heterocycles. The standard InChI is InChI=1S/C26H25F3N4S.ClH/c27-26(28,29)23-7-6-21-24(32-23)22(19-11-15-34-17-19)16-30-25(21)31-20-9-13-33(14-10-20)12-8-18-4-2-1-3-5-18;/h1-7,11,15-17,20H,8-10,12-14H2,(H,30,31);1H. The molecule has 9 heteroatoms. The number of hydrogen-bond donors (Lipinski definition) is 1. The van der Waals surface area contributed by atoms with Crippen LogP contribution in [0, 0.1) is 0 Å². The van der Waals surface area contributed by atoms with Crippen LogP contribution in [0.5, 0.6) is 0 Å². The van der Waals surface area contributed by atoms with E-state index in [1.807, 2.05) is 22.9 Å². The van der Waals surface area contributed by atoms with Crippen LogP contribution >= 0.6 is 23.7 Å². The normalized spacial score (nSPS) is 15.2. The van der Waals surface area contributed by atoms with Gasteiger partial charge in [0.1, 0.15) is 11.5 Å². The van der Waals surface area contributed by atoms with E-state index in [4.69, 9.17) is 0 Å². The summed E-state index contributed by atoms with van der Waals surface area (Å²) in [7, 11) is 0. The molecular weight excluding hydrogens is 493 g/mol. The van der Waals surface area contributed by atoms with Crippen LogP contribution in [0.2, 0.25) is 0 Å². The average molecular weight is 519 g/mol. The highest BCUT2D eigenvalue weighted by atomic mass is 35.5. The number of pyridine rings is 2. The third-order valence-corrected chi connectivity index (χ3v) is 7.02. The van der Waals surface area contributed by atoms with Gasteiger partial charge in [0.15, 0.2) is 0 Å². The number of nitrogens with one attached hydrogen (secondary N) is 1. The summed E-state index contributed by atoms with van der Waals surface area (Å²) in [6, 6.07) is 15.1. The molecule has 1 N–H and O–H groups in total. The van der Waals surface area contributed by atoms with Crippen LogP contribution in [0.25, 0.3) is 22.0 Å². The molecular formula is C26H26ClF3N4S. The Labute approximate surface area is 212 Å². The van der Waals surface area contributed by atoms with E-state index in [2.05, 4.69) is 44.5 Å². The van der Waals surface area contributed by atoms with Crippen molar-refractivity contribution in [3.05, 3.63) is 76.7 Å². The Morgan fingerprint density at radius 2 is 1.80 bits per heavy atom. The summed E-state index contributed by atoms with van der Waals surface area (Å²) >= 11 is 1.49. The molecule has 4 aromatic rings. The molecule has 5 rings (SSSR count). The van der Waals surface area contributed by atoms with E-state index in [0.29, 0.717) is 22.3 Å². The number of halogens is 4. The smallest absolute Gasteiger partial charge is 0.367 e. The third kappa shape index (κ3) is 5.94. The molecule has 0 bridgehead atoms. The molecule has 0 atom stereocenters. The number of fused-ring (bicyclic) bond motifs is 1.